The van der Waals surface area contributed by atoms with Gasteiger partial charge in [-0.15, -0.1) is 0 Å². The minimum absolute atomic E-state index is 0.135. The van der Waals surface area contributed by atoms with Crippen LogP contribution in [0.1, 0.15) is 37.3 Å². The summed E-state index contributed by atoms with van der Waals surface area (Å²) < 4.78 is 5.50. The average molecular weight is 316 g/mol. The van der Waals surface area contributed by atoms with Gasteiger partial charge in [-0.3, -0.25) is 9.69 Å². The molecule has 1 N–H and O–H groups in total. The van der Waals surface area contributed by atoms with Crippen molar-refractivity contribution in [3.05, 3.63) is 35.4 Å². The van der Waals surface area contributed by atoms with E-state index in [1.807, 2.05) is 19.1 Å². The third-order valence-corrected chi connectivity index (χ3v) is 5.23. The molecular weight excluding hydrogens is 288 g/mol. The maximum absolute atomic E-state index is 12.2. The van der Waals surface area contributed by atoms with Gasteiger partial charge in [-0.25, -0.2) is 0 Å². The Labute approximate surface area is 139 Å². The van der Waals surface area contributed by atoms with E-state index in [1.165, 1.54) is 19.3 Å². The summed E-state index contributed by atoms with van der Waals surface area (Å²) in [6.07, 6.45) is 4.09. The summed E-state index contributed by atoms with van der Waals surface area (Å²) in [5, 5.41) is 3.07. The van der Waals surface area contributed by atoms with Gasteiger partial charge >= 0.3 is 0 Å². The lowest BCUT2D eigenvalue weighted by molar-refractivity contribution is -0.122. The van der Waals surface area contributed by atoms with E-state index in [-0.39, 0.29) is 5.91 Å². The fourth-order valence-electron chi connectivity index (χ4n) is 4.00. The van der Waals surface area contributed by atoms with E-state index < -0.39 is 0 Å². The number of ether oxygens (including phenoxy) is 1. The van der Waals surface area contributed by atoms with Crippen molar-refractivity contribution in [2.45, 2.75) is 39.3 Å². The molecule has 1 aliphatic carbocycles. The standard InChI is InChI=1S/C19H28N2O2/c1-2-23-14-18-7-4-3-6-15(18)10-20-19(22)13-21-11-16-8-5-9-17(16)12-21/h3-4,6-7,16-17H,2,5,8-14H2,1H3,(H,20,22). The second kappa shape index (κ2) is 7.93. The van der Waals surface area contributed by atoms with Crippen LogP contribution in [0.25, 0.3) is 0 Å². The van der Waals surface area contributed by atoms with Gasteiger partial charge in [0.15, 0.2) is 0 Å². The average Bonchev–Trinajstić information content (AvgIpc) is 3.13. The molecule has 4 nitrogen and oxygen atoms in total. The van der Waals surface area contributed by atoms with Gasteiger partial charge in [0.2, 0.25) is 5.91 Å². The van der Waals surface area contributed by atoms with Gasteiger partial charge in [-0.1, -0.05) is 30.7 Å². The molecule has 23 heavy (non-hydrogen) atoms. The highest BCUT2D eigenvalue weighted by molar-refractivity contribution is 5.78. The van der Waals surface area contributed by atoms with Gasteiger partial charge in [0, 0.05) is 26.2 Å². The summed E-state index contributed by atoms with van der Waals surface area (Å²) in [5.41, 5.74) is 2.30. The second-order valence-corrected chi connectivity index (χ2v) is 6.83. The van der Waals surface area contributed by atoms with Crippen molar-refractivity contribution >= 4 is 5.91 Å². The summed E-state index contributed by atoms with van der Waals surface area (Å²) in [6, 6.07) is 8.16. The smallest absolute Gasteiger partial charge is 0.234 e. The lowest BCUT2D eigenvalue weighted by Crippen LogP contribution is -2.36. The molecule has 1 saturated heterocycles. The minimum Gasteiger partial charge on any atom is -0.377 e. The zero-order valence-corrected chi connectivity index (χ0v) is 14.1. The molecule has 2 atom stereocenters. The first-order valence-corrected chi connectivity index (χ1v) is 8.90. The maximum Gasteiger partial charge on any atom is 0.234 e. The molecule has 1 heterocycles. The molecule has 0 spiro atoms. The molecule has 3 rings (SSSR count). The van der Waals surface area contributed by atoms with Gasteiger partial charge in [-0.05, 0) is 42.7 Å². The molecule has 1 aromatic rings. The van der Waals surface area contributed by atoms with Crippen LogP contribution < -0.4 is 5.32 Å². The van der Waals surface area contributed by atoms with Crippen LogP contribution in [0.3, 0.4) is 0 Å². The number of amides is 1. The van der Waals surface area contributed by atoms with Crippen LogP contribution in [0.5, 0.6) is 0 Å². The van der Waals surface area contributed by atoms with Crippen molar-refractivity contribution in [2.24, 2.45) is 11.8 Å². The highest BCUT2D eigenvalue weighted by Crippen LogP contribution is 2.37. The highest BCUT2D eigenvalue weighted by Gasteiger charge is 2.36. The Morgan fingerprint density at radius 2 is 1.91 bits per heavy atom. The molecule has 0 radical (unpaired) electrons. The van der Waals surface area contributed by atoms with Crippen LogP contribution in [-0.4, -0.2) is 37.0 Å². The third-order valence-electron chi connectivity index (χ3n) is 5.23. The zero-order valence-electron chi connectivity index (χ0n) is 14.1. The molecule has 1 aromatic carbocycles. The Balaban J connectivity index is 1.46. The molecule has 0 bridgehead atoms. The van der Waals surface area contributed by atoms with Crippen LogP contribution in [0.4, 0.5) is 0 Å². The van der Waals surface area contributed by atoms with Crippen LogP contribution >= 0.6 is 0 Å². The normalized spacial score (nSPS) is 23.9. The van der Waals surface area contributed by atoms with Gasteiger partial charge in [0.25, 0.3) is 0 Å². The monoisotopic (exact) mass is 316 g/mol. The first-order valence-electron chi connectivity index (χ1n) is 8.90. The Hall–Kier alpha value is -1.39. The van der Waals surface area contributed by atoms with E-state index in [4.69, 9.17) is 4.74 Å². The van der Waals surface area contributed by atoms with E-state index in [9.17, 15) is 4.79 Å². The molecule has 1 aliphatic heterocycles. The number of likely N-dealkylation sites (tertiary alicyclic amines) is 1. The molecule has 2 fully saturated rings. The first kappa shape index (κ1) is 16.5. The number of hydrogen-bond acceptors (Lipinski definition) is 3. The van der Waals surface area contributed by atoms with Gasteiger partial charge in [0.05, 0.1) is 13.2 Å². The third kappa shape index (κ3) is 4.33. The summed E-state index contributed by atoms with van der Waals surface area (Å²) in [7, 11) is 0. The molecule has 1 saturated carbocycles. The topological polar surface area (TPSA) is 41.6 Å². The zero-order chi connectivity index (χ0) is 16.1. The number of fused-ring (bicyclic) bond motifs is 1. The van der Waals surface area contributed by atoms with Crippen molar-refractivity contribution in [2.75, 3.05) is 26.2 Å². The van der Waals surface area contributed by atoms with Crippen LogP contribution in [-0.2, 0) is 22.7 Å². The number of carbonyl (C=O) groups excluding carboxylic acids is 1. The van der Waals surface area contributed by atoms with Crippen LogP contribution in [0, 0.1) is 11.8 Å². The highest BCUT2D eigenvalue weighted by atomic mass is 16.5. The molecule has 0 aromatic heterocycles. The number of nitrogens with one attached hydrogen (secondary N) is 1. The minimum atomic E-state index is 0.135. The van der Waals surface area contributed by atoms with Crippen molar-refractivity contribution in [3.8, 4) is 0 Å². The predicted molar refractivity (Wildman–Crippen MR) is 90.9 cm³/mol. The molecule has 2 aliphatic rings. The van der Waals surface area contributed by atoms with Gasteiger partial charge < -0.3 is 10.1 Å². The predicted octanol–water partition coefficient (Wildman–Crippen LogP) is 2.57. The Kier molecular flexibility index (Phi) is 5.68. The quantitative estimate of drug-likeness (QED) is 0.840. The van der Waals surface area contributed by atoms with E-state index in [0.29, 0.717) is 26.3 Å². The SMILES string of the molecule is CCOCc1ccccc1CNC(=O)CN1CC2CCCC2C1. The Morgan fingerprint density at radius 1 is 1.22 bits per heavy atom. The number of benzene rings is 1. The van der Waals surface area contributed by atoms with Crippen molar-refractivity contribution in [1.82, 2.24) is 10.2 Å². The second-order valence-electron chi connectivity index (χ2n) is 6.83. The van der Waals surface area contributed by atoms with Gasteiger partial charge in [-0.2, -0.15) is 0 Å². The molecular formula is C19H28N2O2. The Morgan fingerprint density at radius 3 is 2.61 bits per heavy atom. The summed E-state index contributed by atoms with van der Waals surface area (Å²) >= 11 is 0. The van der Waals surface area contributed by atoms with Gasteiger partial charge in [0.1, 0.15) is 0 Å². The van der Waals surface area contributed by atoms with E-state index >= 15 is 0 Å². The molecule has 2 unspecified atom stereocenters. The fraction of sp³-hybridized carbons (Fsp3) is 0.632. The number of nitrogens with zero attached hydrogens (tertiary/aromatic N) is 1. The van der Waals surface area contributed by atoms with Crippen molar-refractivity contribution in [3.63, 3.8) is 0 Å². The largest absolute Gasteiger partial charge is 0.377 e. The lowest BCUT2D eigenvalue weighted by Gasteiger charge is -2.17. The molecule has 126 valence electrons. The summed E-state index contributed by atoms with van der Waals surface area (Å²) in [5.74, 6) is 1.82. The first-order chi connectivity index (χ1) is 11.3. The molecule has 1 amide bonds. The van der Waals surface area contributed by atoms with Crippen molar-refractivity contribution < 1.29 is 9.53 Å². The summed E-state index contributed by atoms with van der Waals surface area (Å²) in [6.45, 7) is 6.66. The summed E-state index contributed by atoms with van der Waals surface area (Å²) in [4.78, 5) is 14.6. The number of rotatable bonds is 7. The number of hydrogen-bond donors (Lipinski definition) is 1. The van der Waals surface area contributed by atoms with Crippen molar-refractivity contribution in [1.29, 1.82) is 0 Å². The Bertz CT molecular complexity index is 520. The van der Waals surface area contributed by atoms with E-state index in [0.717, 1.165) is 36.1 Å². The van der Waals surface area contributed by atoms with E-state index in [1.54, 1.807) is 0 Å². The molecule has 4 heteroatoms. The maximum atomic E-state index is 12.2. The van der Waals surface area contributed by atoms with E-state index in [2.05, 4.69) is 22.3 Å². The van der Waals surface area contributed by atoms with Crippen LogP contribution in [0.2, 0.25) is 0 Å². The number of carbonyl (C=O) groups is 1. The van der Waals surface area contributed by atoms with Crippen LogP contribution in [0.15, 0.2) is 24.3 Å². The lowest BCUT2D eigenvalue weighted by atomic mass is 10.0. The fourth-order valence-corrected chi connectivity index (χ4v) is 4.00.